The molecule has 0 amide bonds. The van der Waals surface area contributed by atoms with Gasteiger partial charge in [-0.3, -0.25) is 0 Å². The molecule has 1 aromatic carbocycles. The van der Waals surface area contributed by atoms with Crippen LogP contribution >= 0.6 is 11.6 Å². The molecule has 0 saturated carbocycles. The van der Waals surface area contributed by atoms with Crippen LogP contribution in [0.2, 0.25) is 5.02 Å². The van der Waals surface area contributed by atoms with Crippen molar-refractivity contribution in [3.05, 3.63) is 47.0 Å². The molecule has 1 aromatic rings. The highest BCUT2D eigenvalue weighted by Crippen LogP contribution is 2.20. The number of hydrogen-bond acceptors (Lipinski definition) is 1. The summed E-state index contributed by atoms with van der Waals surface area (Å²) < 4.78 is 0. The molecule has 0 bridgehead atoms. The van der Waals surface area contributed by atoms with Gasteiger partial charge in [0.1, 0.15) is 0 Å². The van der Waals surface area contributed by atoms with Gasteiger partial charge in [-0.1, -0.05) is 23.7 Å². The molecule has 0 aliphatic heterocycles. The van der Waals surface area contributed by atoms with Gasteiger partial charge in [-0.15, -0.1) is 6.58 Å². The van der Waals surface area contributed by atoms with E-state index in [0.29, 0.717) is 0 Å². The average molecular weight is 182 g/mol. The van der Waals surface area contributed by atoms with Gasteiger partial charge in [0.15, 0.2) is 0 Å². The Morgan fingerprint density at radius 1 is 1.58 bits per heavy atom. The van der Waals surface area contributed by atoms with E-state index in [0.717, 1.165) is 16.1 Å². The smallest absolute Gasteiger partial charge is 0.0481 e. The van der Waals surface area contributed by atoms with Gasteiger partial charge >= 0.3 is 0 Å². The van der Waals surface area contributed by atoms with E-state index >= 15 is 0 Å². The molecule has 0 radical (unpaired) electrons. The predicted octanol–water partition coefficient (Wildman–Crippen LogP) is 2.83. The molecule has 64 valence electrons. The molecule has 0 aromatic heterocycles. The maximum atomic E-state index is 5.80. The molecule has 0 aliphatic rings. The topological polar surface area (TPSA) is 26.0 Å². The SMILES string of the molecule is C=C[C@@H](N)c1ccc(Cl)cc1C. The van der Waals surface area contributed by atoms with E-state index in [1.807, 2.05) is 25.1 Å². The molecule has 12 heavy (non-hydrogen) atoms. The van der Waals surface area contributed by atoms with Crippen LogP contribution in [0.15, 0.2) is 30.9 Å². The van der Waals surface area contributed by atoms with Gasteiger partial charge in [-0.05, 0) is 30.2 Å². The van der Waals surface area contributed by atoms with Crippen molar-refractivity contribution >= 4 is 11.6 Å². The largest absolute Gasteiger partial charge is 0.321 e. The third-order valence-corrected chi connectivity index (χ3v) is 2.08. The summed E-state index contributed by atoms with van der Waals surface area (Å²) in [6, 6.07) is 5.58. The van der Waals surface area contributed by atoms with E-state index in [4.69, 9.17) is 17.3 Å². The summed E-state index contributed by atoms with van der Waals surface area (Å²) in [6.45, 7) is 5.63. The second-order valence-corrected chi connectivity index (χ2v) is 3.20. The minimum absolute atomic E-state index is 0.0951. The standard InChI is InChI=1S/C10H12ClN/c1-3-10(12)9-5-4-8(11)6-7(9)2/h3-6,10H,1,12H2,2H3/t10-/m1/s1. The van der Waals surface area contributed by atoms with Crippen molar-refractivity contribution in [2.24, 2.45) is 5.73 Å². The van der Waals surface area contributed by atoms with E-state index < -0.39 is 0 Å². The zero-order valence-electron chi connectivity index (χ0n) is 7.05. The molecule has 0 aliphatic carbocycles. The first-order chi connectivity index (χ1) is 5.65. The van der Waals surface area contributed by atoms with E-state index in [-0.39, 0.29) is 6.04 Å². The van der Waals surface area contributed by atoms with Crippen LogP contribution in [0.1, 0.15) is 17.2 Å². The summed E-state index contributed by atoms with van der Waals surface area (Å²) in [7, 11) is 0. The zero-order chi connectivity index (χ0) is 9.14. The van der Waals surface area contributed by atoms with Crippen molar-refractivity contribution in [1.82, 2.24) is 0 Å². The van der Waals surface area contributed by atoms with Crippen LogP contribution in [-0.2, 0) is 0 Å². The molecule has 2 N–H and O–H groups in total. The second-order valence-electron chi connectivity index (χ2n) is 2.76. The van der Waals surface area contributed by atoms with Gasteiger partial charge in [-0.2, -0.15) is 0 Å². The fourth-order valence-corrected chi connectivity index (χ4v) is 1.37. The van der Waals surface area contributed by atoms with E-state index in [9.17, 15) is 0 Å². The fourth-order valence-electron chi connectivity index (χ4n) is 1.14. The molecule has 0 spiro atoms. The molecule has 1 nitrogen and oxygen atoms in total. The van der Waals surface area contributed by atoms with Gasteiger partial charge in [0.25, 0.3) is 0 Å². The van der Waals surface area contributed by atoms with Crippen molar-refractivity contribution in [2.75, 3.05) is 0 Å². The summed E-state index contributed by atoms with van der Waals surface area (Å²) in [5.74, 6) is 0. The number of rotatable bonds is 2. The third-order valence-electron chi connectivity index (χ3n) is 1.84. The van der Waals surface area contributed by atoms with Crippen molar-refractivity contribution in [3.8, 4) is 0 Å². The monoisotopic (exact) mass is 181 g/mol. The van der Waals surface area contributed by atoms with Crippen LogP contribution in [0, 0.1) is 6.92 Å². The van der Waals surface area contributed by atoms with Gasteiger partial charge in [0, 0.05) is 11.1 Å². The lowest BCUT2D eigenvalue weighted by molar-refractivity contribution is 0.902. The summed E-state index contributed by atoms with van der Waals surface area (Å²) in [5, 5.41) is 0.743. The van der Waals surface area contributed by atoms with Crippen LogP contribution < -0.4 is 5.73 Å². The minimum atomic E-state index is -0.0951. The minimum Gasteiger partial charge on any atom is -0.321 e. The van der Waals surface area contributed by atoms with Crippen LogP contribution in [0.4, 0.5) is 0 Å². The number of aryl methyl sites for hydroxylation is 1. The van der Waals surface area contributed by atoms with Crippen LogP contribution in [-0.4, -0.2) is 0 Å². The lowest BCUT2D eigenvalue weighted by Crippen LogP contribution is -2.07. The Kier molecular flexibility index (Phi) is 2.90. The Hall–Kier alpha value is -0.790. The predicted molar refractivity (Wildman–Crippen MR) is 53.3 cm³/mol. The quantitative estimate of drug-likeness (QED) is 0.698. The van der Waals surface area contributed by atoms with E-state index in [1.165, 1.54) is 0 Å². The first-order valence-corrected chi connectivity index (χ1v) is 4.17. The maximum Gasteiger partial charge on any atom is 0.0481 e. The molecule has 2 heteroatoms. The Morgan fingerprint density at radius 2 is 2.25 bits per heavy atom. The molecular weight excluding hydrogens is 170 g/mol. The van der Waals surface area contributed by atoms with Gasteiger partial charge < -0.3 is 5.73 Å². The van der Waals surface area contributed by atoms with Gasteiger partial charge in [-0.25, -0.2) is 0 Å². The lowest BCUT2D eigenvalue weighted by atomic mass is 10.0. The van der Waals surface area contributed by atoms with E-state index in [2.05, 4.69) is 6.58 Å². The molecule has 0 saturated heterocycles. The van der Waals surface area contributed by atoms with Crippen molar-refractivity contribution in [2.45, 2.75) is 13.0 Å². The fraction of sp³-hybridized carbons (Fsp3) is 0.200. The van der Waals surface area contributed by atoms with Gasteiger partial charge in [0.05, 0.1) is 0 Å². The molecule has 0 unspecified atom stereocenters. The first-order valence-electron chi connectivity index (χ1n) is 3.79. The maximum absolute atomic E-state index is 5.80. The number of halogens is 1. The summed E-state index contributed by atoms with van der Waals surface area (Å²) in [6.07, 6.45) is 1.72. The highest BCUT2D eigenvalue weighted by Gasteiger charge is 2.04. The Labute approximate surface area is 77.8 Å². The molecule has 1 rings (SSSR count). The zero-order valence-corrected chi connectivity index (χ0v) is 7.81. The Morgan fingerprint density at radius 3 is 2.75 bits per heavy atom. The van der Waals surface area contributed by atoms with Crippen molar-refractivity contribution < 1.29 is 0 Å². The van der Waals surface area contributed by atoms with Crippen LogP contribution in [0.25, 0.3) is 0 Å². The molecule has 1 atom stereocenters. The lowest BCUT2D eigenvalue weighted by Gasteiger charge is -2.09. The van der Waals surface area contributed by atoms with E-state index in [1.54, 1.807) is 6.08 Å². The second kappa shape index (κ2) is 3.74. The Bertz CT molecular complexity index is 294. The number of hydrogen-bond donors (Lipinski definition) is 1. The molecule has 0 fully saturated rings. The normalized spacial score (nSPS) is 12.6. The van der Waals surface area contributed by atoms with Crippen molar-refractivity contribution in [3.63, 3.8) is 0 Å². The molecule has 0 heterocycles. The van der Waals surface area contributed by atoms with Crippen LogP contribution in [0.3, 0.4) is 0 Å². The molecular formula is C10H12ClN. The highest BCUT2D eigenvalue weighted by atomic mass is 35.5. The van der Waals surface area contributed by atoms with Gasteiger partial charge in [0.2, 0.25) is 0 Å². The number of benzene rings is 1. The third kappa shape index (κ3) is 1.87. The Balaban J connectivity index is 3.09. The average Bonchev–Trinajstić information content (AvgIpc) is 2.03. The summed E-state index contributed by atoms with van der Waals surface area (Å²) in [4.78, 5) is 0. The first kappa shape index (κ1) is 9.30. The summed E-state index contributed by atoms with van der Waals surface area (Å²) in [5.41, 5.74) is 7.97. The van der Waals surface area contributed by atoms with Crippen molar-refractivity contribution in [1.29, 1.82) is 0 Å². The highest BCUT2D eigenvalue weighted by molar-refractivity contribution is 6.30. The van der Waals surface area contributed by atoms with Crippen LogP contribution in [0.5, 0.6) is 0 Å². The summed E-state index contributed by atoms with van der Waals surface area (Å²) >= 11 is 5.80. The number of nitrogens with two attached hydrogens (primary N) is 1.